The summed E-state index contributed by atoms with van der Waals surface area (Å²) in [5, 5.41) is 13.6. The Morgan fingerprint density at radius 2 is 2.05 bits per heavy atom. The number of rotatable bonds is 5. The second-order valence-corrected chi connectivity index (χ2v) is 4.59. The highest BCUT2D eigenvalue weighted by Gasteiger charge is 2.14. The summed E-state index contributed by atoms with van der Waals surface area (Å²) in [6.07, 6.45) is 2.59. The SMILES string of the molecule is CCCNc1ncccc1C(=O)Nc1nnc(C)c(C)n1. The quantitative estimate of drug-likeness (QED) is 0.872. The number of carbonyl (C=O) groups is 1. The predicted molar refractivity (Wildman–Crippen MR) is 80.3 cm³/mol. The molecule has 0 spiro atoms. The molecule has 0 bridgehead atoms. The number of hydrogen-bond acceptors (Lipinski definition) is 6. The van der Waals surface area contributed by atoms with Crippen molar-refractivity contribution in [3.05, 3.63) is 35.3 Å². The molecule has 110 valence electrons. The summed E-state index contributed by atoms with van der Waals surface area (Å²) in [7, 11) is 0. The number of aryl methyl sites for hydroxylation is 2. The topological polar surface area (TPSA) is 92.7 Å². The fourth-order valence-corrected chi connectivity index (χ4v) is 1.65. The van der Waals surface area contributed by atoms with Crippen molar-refractivity contribution in [2.24, 2.45) is 0 Å². The third-order valence-electron chi connectivity index (χ3n) is 2.91. The van der Waals surface area contributed by atoms with Gasteiger partial charge in [0.15, 0.2) is 0 Å². The average Bonchev–Trinajstić information content (AvgIpc) is 2.49. The van der Waals surface area contributed by atoms with E-state index < -0.39 is 0 Å². The van der Waals surface area contributed by atoms with E-state index in [-0.39, 0.29) is 11.9 Å². The lowest BCUT2D eigenvalue weighted by atomic mass is 10.2. The zero-order chi connectivity index (χ0) is 15.2. The van der Waals surface area contributed by atoms with Crippen LogP contribution in [0.3, 0.4) is 0 Å². The first-order valence-electron chi connectivity index (χ1n) is 6.80. The van der Waals surface area contributed by atoms with Gasteiger partial charge in [-0.1, -0.05) is 6.92 Å². The lowest BCUT2D eigenvalue weighted by Gasteiger charge is -2.10. The minimum atomic E-state index is -0.313. The molecule has 2 N–H and O–H groups in total. The van der Waals surface area contributed by atoms with Crippen molar-refractivity contribution in [2.75, 3.05) is 17.2 Å². The van der Waals surface area contributed by atoms with Gasteiger partial charge in [0.05, 0.1) is 17.0 Å². The van der Waals surface area contributed by atoms with Crippen LogP contribution in [0.15, 0.2) is 18.3 Å². The summed E-state index contributed by atoms with van der Waals surface area (Å²) < 4.78 is 0. The van der Waals surface area contributed by atoms with Gasteiger partial charge in [-0.25, -0.2) is 9.97 Å². The first-order valence-corrected chi connectivity index (χ1v) is 6.80. The smallest absolute Gasteiger partial charge is 0.261 e. The maximum absolute atomic E-state index is 12.3. The van der Waals surface area contributed by atoms with Crippen molar-refractivity contribution in [1.82, 2.24) is 20.2 Å². The van der Waals surface area contributed by atoms with Crippen LogP contribution in [-0.2, 0) is 0 Å². The van der Waals surface area contributed by atoms with Gasteiger partial charge < -0.3 is 5.32 Å². The lowest BCUT2D eigenvalue weighted by Crippen LogP contribution is -2.18. The van der Waals surface area contributed by atoms with Crippen LogP contribution in [0, 0.1) is 13.8 Å². The first kappa shape index (κ1) is 14.8. The Hall–Kier alpha value is -2.57. The van der Waals surface area contributed by atoms with Crippen molar-refractivity contribution in [3.8, 4) is 0 Å². The number of pyridine rings is 1. The fraction of sp³-hybridized carbons (Fsp3) is 0.357. The molecule has 2 aromatic heterocycles. The van der Waals surface area contributed by atoms with E-state index in [1.807, 2.05) is 20.8 Å². The molecule has 2 aromatic rings. The molecule has 0 saturated heterocycles. The van der Waals surface area contributed by atoms with Gasteiger partial charge in [-0.3, -0.25) is 10.1 Å². The van der Waals surface area contributed by atoms with Crippen LogP contribution in [0.2, 0.25) is 0 Å². The van der Waals surface area contributed by atoms with Gasteiger partial charge in [-0.2, -0.15) is 5.10 Å². The van der Waals surface area contributed by atoms with Gasteiger partial charge in [0.25, 0.3) is 5.91 Å². The Morgan fingerprint density at radius 1 is 1.24 bits per heavy atom. The highest BCUT2D eigenvalue weighted by atomic mass is 16.1. The maximum Gasteiger partial charge on any atom is 0.261 e. The zero-order valence-electron chi connectivity index (χ0n) is 12.3. The molecule has 0 unspecified atom stereocenters. The van der Waals surface area contributed by atoms with E-state index in [0.29, 0.717) is 11.4 Å². The van der Waals surface area contributed by atoms with Gasteiger partial charge in [0.1, 0.15) is 5.82 Å². The van der Waals surface area contributed by atoms with Gasteiger partial charge >= 0.3 is 0 Å². The molecule has 2 rings (SSSR count). The Morgan fingerprint density at radius 3 is 2.76 bits per heavy atom. The first-order chi connectivity index (χ1) is 10.1. The molecule has 21 heavy (non-hydrogen) atoms. The predicted octanol–water partition coefficient (Wildman–Crippen LogP) is 1.96. The van der Waals surface area contributed by atoms with Crippen LogP contribution < -0.4 is 10.6 Å². The lowest BCUT2D eigenvalue weighted by molar-refractivity contribution is 0.102. The molecule has 0 aromatic carbocycles. The van der Waals surface area contributed by atoms with Gasteiger partial charge in [0, 0.05) is 12.7 Å². The van der Waals surface area contributed by atoms with Crippen molar-refractivity contribution < 1.29 is 4.79 Å². The van der Waals surface area contributed by atoms with Crippen LogP contribution in [-0.4, -0.2) is 32.6 Å². The minimum Gasteiger partial charge on any atom is -0.369 e. The number of nitrogens with one attached hydrogen (secondary N) is 2. The maximum atomic E-state index is 12.3. The second-order valence-electron chi connectivity index (χ2n) is 4.59. The van der Waals surface area contributed by atoms with Crippen molar-refractivity contribution >= 4 is 17.7 Å². The van der Waals surface area contributed by atoms with Gasteiger partial charge in [-0.15, -0.1) is 5.10 Å². The van der Waals surface area contributed by atoms with Gasteiger partial charge in [0.2, 0.25) is 5.95 Å². The highest BCUT2D eigenvalue weighted by molar-refractivity contribution is 6.06. The molecule has 0 radical (unpaired) electrons. The Balaban J connectivity index is 2.18. The minimum absolute atomic E-state index is 0.188. The monoisotopic (exact) mass is 286 g/mol. The van der Waals surface area contributed by atoms with E-state index in [2.05, 4.69) is 30.8 Å². The number of anilines is 2. The number of carbonyl (C=O) groups excluding carboxylic acids is 1. The normalized spacial score (nSPS) is 10.2. The van der Waals surface area contributed by atoms with E-state index >= 15 is 0 Å². The Kier molecular flexibility index (Phi) is 4.76. The summed E-state index contributed by atoms with van der Waals surface area (Å²) in [4.78, 5) is 20.7. The third-order valence-corrected chi connectivity index (χ3v) is 2.91. The van der Waals surface area contributed by atoms with E-state index in [1.54, 1.807) is 18.3 Å². The summed E-state index contributed by atoms with van der Waals surface area (Å²) in [6.45, 7) is 6.43. The summed E-state index contributed by atoms with van der Waals surface area (Å²) >= 11 is 0. The van der Waals surface area contributed by atoms with Crippen LogP contribution in [0.25, 0.3) is 0 Å². The van der Waals surface area contributed by atoms with E-state index in [1.165, 1.54) is 0 Å². The molecule has 7 heteroatoms. The van der Waals surface area contributed by atoms with Crippen molar-refractivity contribution in [3.63, 3.8) is 0 Å². The summed E-state index contributed by atoms with van der Waals surface area (Å²) in [5.74, 6) is 0.425. The zero-order valence-corrected chi connectivity index (χ0v) is 12.3. The number of aromatic nitrogens is 4. The van der Waals surface area contributed by atoms with Crippen molar-refractivity contribution in [2.45, 2.75) is 27.2 Å². The third kappa shape index (κ3) is 3.71. The average molecular weight is 286 g/mol. The molecule has 7 nitrogen and oxygen atoms in total. The van der Waals surface area contributed by atoms with E-state index in [4.69, 9.17) is 0 Å². The molecular weight excluding hydrogens is 268 g/mol. The second kappa shape index (κ2) is 6.74. The number of amides is 1. The molecule has 0 aliphatic carbocycles. The van der Waals surface area contributed by atoms with Crippen LogP contribution in [0.5, 0.6) is 0 Å². The largest absolute Gasteiger partial charge is 0.369 e. The Bertz CT molecular complexity index is 643. The standard InChI is InChI=1S/C14H18N6O/c1-4-7-15-12-11(6-5-8-16-12)13(21)18-14-17-9(2)10(3)19-20-14/h5-6,8H,4,7H2,1-3H3,(H,15,16)(H,17,18,20,21). The Labute approximate surface area is 123 Å². The van der Waals surface area contributed by atoms with E-state index in [9.17, 15) is 4.79 Å². The van der Waals surface area contributed by atoms with Crippen LogP contribution in [0.1, 0.15) is 35.1 Å². The van der Waals surface area contributed by atoms with E-state index in [0.717, 1.165) is 24.4 Å². The molecule has 0 aliphatic rings. The molecular formula is C14H18N6O. The number of nitrogens with zero attached hydrogens (tertiary/aromatic N) is 4. The highest BCUT2D eigenvalue weighted by Crippen LogP contribution is 2.13. The van der Waals surface area contributed by atoms with Gasteiger partial charge in [-0.05, 0) is 32.4 Å². The molecule has 0 saturated carbocycles. The summed E-state index contributed by atoms with van der Waals surface area (Å²) in [5.41, 5.74) is 1.92. The molecule has 0 atom stereocenters. The van der Waals surface area contributed by atoms with Crippen molar-refractivity contribution in [1.29, 1.82) is 0 Å². The molecule has 1 amide bonds. The molecule has 2 heterocycles. The molecule has 0 aliphatic heterocycles. The fourth-order valence-electron chi connectivity index (χ4n) is 1.65. The van der Waals surface area contributed by atoms with Crippen LogP contribution >= 0.6 is 0 Å². The number of hydrogen-bond donors (Lipinski definition) is 2. The molecule has 0 fully saturated rings. The summed E-state index contributed by atoms with van der Waals surface area (Å²) in [6, 6.07) is 3.42. The van der Waals surface area contributed by atoms with Crippen LogP contribution in [0.4, 0.5) is 11.8 Å².